The number of carbonyl (C=O) groups is 2. The van der Waals surface area contributed by atoms with Crippen LogP contribution in [0, 0.1) is 22.9 Å². The Kier molecular flexibility index (Phi) is 67.4. The van der Waals surface area contributed by atoms with Gasteiger partial charge in [0.25, 0.3) is 0 Å². The van der Waals surface area contributed by atoms with Gasteiger partial charge in [-0.05, 0) is 62.8 Å². The van der Waals surface area contributed by atoms with E-state index in [-0.39, 0.29) is 13.2 Å². The van der Waals surface area contributed by atoms with E-state index in [0.717, 1.165) is 77.0 Å². The molecule has 2 rings (SSSR count). The lowest BCUT2D eigenvalue weighted by molar-refractivity contribution is 0.0517. The number of rotatable bonds is 78. The molecule has 2 aromatic rings. The minimum atomic E-state index is -2.03. The van der Waals surface area contributed by atoms with Crippen LogP contribution < -0.4 is 28.4 Å². The topological polar surface area (TPSA) is 108 Å². The predicted octanol–water partition coefficient (Wildman–Crippen LogP) is 31.6. The van der Waals surface area contributed by atoms with E-state index in [4.69, 9.17) is 37.9 Å². The normalized spacial score (nSPS) is 11.8. The molecular formula is C100H176O10Si2. The SMILES string of the molecule is CCCCCCCCCCCCOc1cc(C(=O)OC/C(C#C[Si](C)(C)C)=C(\C#C[Si](C)(C)C)COC(=O)c2cc(OCCCCCCCCCCCC)c(OCCCCCCCCCCCC)c(OCCCCCCCCCCCC)c2)cc(OCCCCCCCCCCCC)c1OCCCCCCCCCCCC. The van der Waals surface area contributed by atoms with Gasteiger partial charge in [0, 0.05) is 0 Å². The summed E-state index contributed by atoms with van der Waals surface area (Å²) >= 11 is 0. The lowest BCUT2D eigenvalue weighted by Crippen LogP contribution is -2.19. The van der Waals surface area contributed by atoms with Crippen molar-refractivity contribution in [1.82, 2.24) is 0 Å². The van der Waals surface area contributed by atoms with Crippen LogP contribution in [0.15, 0.2) is 35.4 Å². The van der Waals surface area contributed by atoms with Crippen LogP contribution in [-0.4, -0.2) is 80.9 Å². The molecule has 0 aliphatic heterocycles. The second kappa shape index (κ2) is 72.9. The zero-order valence-electron chi connectivity index (χ0n) is 75.5. The largest absolute Gasteiger partial charge is 0.490 e. The summed E-state index contributed by atoms with van der Waals surface area (Å²) in [6, 6.07) is 7.18. The van der Waals surface area contributed by atoms with Gasteiger partial charge in [-0.15, -0.1) is 11.1 Å². The van der Waals surface area contributed by atoms with E-state index < -0.39 is 28.1 Å². The molecule has 0 aromatic heterocycles. The van der Waals surface area contributed by atoms with Gasteiger partial charge in [-0.3, -0.25) is 0 Å². The number of carbonyl (C=O) groups excluding carboxylic acids is 2. The molecule has 0 radical (unpaired) electrons. The van der Waals surface area contributed by atoms with Crippen LogP contribution in [0.1, 0.15) is 448 Å². The molecule has 0 aliphatic carbocycles. The third-order valence-corrected chi connectivity index (χ3v) is 23.0. The summed E-state index contributed by atoms with van der Waals surface area (Å²) in [7, 11) is -4.06. The van der Waals surface area contributed by atoms with Crippen LogP contribution in [-0.2, 0) is 9.47 Å². The summed E-state index contributed by atoms with van der Waals surface area (Å²) in [6.45, 7) is 29.5. The number of hydrogen-bond acceptors (Lipinski definition) is 10. The van der Waals surface area contributed by atoms with Crippen LogP contribution in [0.4, 0.5) is 0 Å². The summed E-state index contributed by atoms with van der Waals surface area (Å²) in [5, 5.41) is 0. The number of ether oxygens (including phenoxy) is 8. The Labute approximate surface area is 694 Å². The molecule has 644 valence electrons. The minimum absolute atomic E-state index is 0.177. The number of unbranched alkanes of at least 4 members (excludes halogenated alkanes) is 54. The monoisotopic (exact) mass is 1590 g/mol. The highest BCUT2D eigenvalue weighted by molar-refractivity contribution is 6.84. The van der Waals surface area contributed by atoms with Crippen molar-refractivity contribution < 1.29 is 47.5 Å². The Morgan fingerprint density at radius 3 is 0.571 bits per heavy atom. The summed E-state index contributed by atoms with van der Waals surface area (Å²) < 4.78 is 53.4. The van der Waals surface area contributed by atoms with E-state index in [9.17, 15) is 0 Å². The van der Waals surface area contributed by atoms with E-state index in [1.807, 2.05) is 0 Å². The maximum Gasteiger partial charge on any atom is 0.338 e. The second-order valence-electron chi connectivity index (χ2n) is 34.9. The number of benzene rings is 2. The molecule has 0 saturated carbocycles. The van der Waals surface area contributed by atoms with Crippen LogP contribution in [0.2, 0.25) is 39.3 Å². The molecule has 0 N–H and O–H groups in total. The van der Waals surface area contributed by atoms with E-state index in [0.29, 0.717) is 96.4 Å². The van der Waals surface area contributed by atoms with Gasteiger partial charge in [-0.1, -0.05) is 439 Å². The molecule has 0 bridgehead atoms. The van der Waals surface area contributed by atoms with Crippen LogP contribution in [0.5, 0.6) is 34.5 Å². The molecule has 0 saturated heterocycles. The Morgan fingerprint density at radius 2 is 0.402 bits per heavy atom. The fourth-order valence-corrected chi connectivity index (χ4v) is 15.1. The maximum absolute atomic E-state index is 15.0. The van der Waals surface area contributed by atoms with Gasteiger partial charge >= 0.3 is 11.9 Å². The van der Waals surface area contributed by atoms with E-state index in [1.54, 1.807) is 24.3 Å². The molecule has 0 heterocycles. The van der Waals surface area contributed by atoms with E-state index in [2.05, 4.69) is 104 Å². The first-order chi connectivity index (χ1) is 54.6. The Balaban J connectivity index is 2.72. The smallest absolute Gasteiger partial charge is 0.338 e. The van der Waals surface area contributed by atoms with Gasteiger partial charge in [0.2, 0.25) is 11.5 Å². The standard InChI is InChI=1S/C100H176O10Si2/c1-13-19-25-31-37-43-49-55-61-67-75-103-93-83-91(84-94(104-76-68-62-56-50-44-38-32-26-20-14-2)97(93)107-79-71-65-59-53-47-41-35-29-23-17-5)99(101)109-87-89(73-81-111(7,8)9)90(74-82-112(10,11)12)88-110-100(102)92-85-95(105-77-69-63-57-51-45-39-33-27-21-15-3)98(108-80-72-66-60-54-48-42-36-30-24-18-6)96(86-92)106-78-70-64-58-52-46-40-34-28-22-16-4/h83-86H,13-72,75-80,87-88H2,1-12H3/b90-89+. The average molecular weight is 1590 g/mol. The van der Waals surface area contributed by atoms with Crippen molar-refractivity contribution >= 4 is 28.1 Å². The van der Waals surface area contributed by atoms with Crippen LogP contribution >= 0.6 is 0 Å². The molecule has 12 heteroatoms. The lowest BCUT2D eigenvalue weighted by atomic mass is 10.1. The van der Waals surface area contributed by atoms with Crippen LogP contribution in [0.25, 0.3) is 0 Å². The van der Waals surface area contributed by atoms with Gasteiger partial charge in [-0.2, -0.15) is 0 Å². The van der Waals surface area contributed by atoms with Crippen molar-refractivity contribution in [3.05, 3.63) is 46.5 Å². The van der Waals surface area contributed by atoms with Gasteiger partial charge in [0.05, 0.1) is 61.9 Å². The average Bonchev–Trinajstić information content (AvgIpc) is 0.819. The molecule has 0 aliphatic rings. The first-order valence-electron chi connectivity index (χ1n) is 47.9. The van der Waals surface area contributed by atoms with E-state index in [1.165, 1.54) is 308 Å². The molecule has 10 nitrogen and oxygen atoms in total. The molecule has 112 heavy (non-hydrogen) atoms. The molecular weight excluding hydrogens is 1420 g/mol. The van der Waals surface area contributed by atoms with E-state index >= 15 is 9.59 Å². The zero-order valence-corrected chi connectivity index (χ0v) is 77.5. The minimum Gasteiger partial charge on any atom is -0.490 e. The predicted molar refractivity (Wildman–Crippen MR) is 487 cm³/mol. The molecule has 0 fully saturated rings. The fourth-order valence-electron chi connectivity index (χ4n) is 14.1. The van der Waals surface area contributed by atoms with Crippen molar-refractivity contribution in [2.24, 2.45) is 0 Å². The quantitative estimate of drug-likeness (QED) is 0.0275. The maximum atomic E-state index is 15.0. The van der Waals surface area contributed by atoms with Gasteiger partial charge in [0.1, 0.15) is 29.4 Å². The van der Waals surface area contributed by atoms with Crippen molar-refractivity contribution in [3.8, 4) is 57.4 Å². The highest BCUT2D eigenvalue weighted by atomic mass is 28.3. The number of hydrogen-bond donors (Lipinski definition) is 0. The van der Waals surface area contributed by atoms with Crippen molar-refractivity contribution in [2.75, 3.05) is 52.9 Å². The zero-order chi connectivity index (χ0) is 81.3. The third kappa shape index (κ3) is 59.2. The van der Waals surface area contributed by atoms with Gasteiger partial charge < -0.3 is 37.9 Å². The Morgan fingerprint density at radius 1 is 0.241 bits per heavy atom. The molecule has 0 spiro atoms. The van der Waals surface area contributed by atoms with Crippen molar-refractivity contribution in [2.45, 2.75) is 466 Å². The summed E-state index contributed by atoms with van der Waals surface area (Å²) in [5.41, 5.74) is 8.78. The molecule has 2 aromatic carbocycles. The third-order valence-electron chi connectivity index (χ3n) is 21.3. The van der Waals surface area contributed by atoms with Crippen LogP contribution in [0.3, 0.4) is 0 Å². The second-order valence-corrected chi connectivity index (χ2v) is 44.4. The molecule has 0 unspecified atom stereocenters. The fraction of sp³-hybridized carbons (Fsp3) is 0.800. The molecule has 0 amide bonds. The highest BCUT2D eigenvalue weighted by Gasteiger charge is 2.24. The van der Waals surface area contributed by atoms with Crippen molar-refractivity contribution in [3.63, 3.8) is 0 Å². The summed E-state index contributed by atoms with van der Waals surface area (Å²) in [4.78, 5) is 30.0. The first-order valence-corrected chi connectivity index (χ1v) is 54.9. The Bertz CT molecular complexity index is 2460. The highest BCUT2D eigenvalue weighted by Crippen LogP contribution is 2.42. The van der Waals surface area contributed by atoms with Gasteiger partial charge in [0.15, 0.2) is 23.0 Å². The first kappa shape index (κ1) is 104. The van der Waals surface area contributed by atoms with Gasteiger partial charge in [-0.25, -0.2) is 9.59 Å². The summed E-state index contributed by atoms with van der Waals surface area (Å²) in [6.07, 6.45) is 73.6. The Hall–Kier alpha value is -4.53. The lowest BCUT2D eigenvalue weighted by Gasteiger charge is -2.19. The summed E-state index contributed by atoms with van der Waals surface area (Å²) in [5.74, 6) is 9.01. The molecule has 0 atom stereocenters. The van der Waals surface area contributed by atoms with Crippen molar-refractivity contribution in [1.29, 1.82) is 0 Å². The number of esters is 2.